The molecule has 7 bridgehead atoms. The molecule has 3 aromatic carbocycles. The van der Waals surface area contributed by atoms with Crippen molar-refractivity contribution in [2.45, 2.75) is 91.7 Å². The van der Waals surface area contributed by atoms with Crippen LogP contribution >= 0.6 is 0 Å². The van der Waals surface area contributed by atoms with Crippen molar-refractivity contribution >= 4 is 62.2 Å². The normalized spacial score (nSPS) is 29.3. The second kappa shape index (κ2) is 17.5. The Bertz CT molecular complexity index is 2690. The zero-order chi connectivity index (χ0) is 45.7. The van der Waals surface area contributed by atoms with E-state index in [4.69, 9.17) is 37.8 Å². The lowest BCUT2D eigenvalue weighted by Crippen LogP contribution is -2.46. The minimum absolute atomic E-state index is 0.0204. The first kappa shape index (κ1) is 44.7. The number of ketones is 1. The van der Waals surface area contributed by atoms with Gasteiger partial charge in [-0.1, -0.05) is 39.0 Å². The lowest BCUT2D eigenvalue weighted by Gasteiger charge is -2.33. The molecule has 0 aliphatic carbocycles. The molecule has 17 heteroatoms. The van der Waals surface area contributed by atoms with Crippen LogP contribution in [0.1, 0.15) is 64.4 Å². The Hall–Kier alpha value is -6.30. The molecule has 5 heterocycles. The summed E-state index contributed by atoms with van der Waals surface area (Å²) in [7, 11) is 1.44. The van der Waals surface area contributed by atoms with Crippen molar-refractivity contribution < 1.29 is 62.2 Å². The number of rotatable bonds is 6. The molecule has 1 saturated heterocycles. The van der Waals surface area contributed by atoms with Gasteiger partial charge >= 0.3 is 11.8 Å². The van der Waals surface area contributed by atoms with Crippen molar-refractivity contribution in [1.82, 2.24) is 10.3 Å². The first-order chi connectivity index (χ1) is 29.9. The van der Waals surface area contributed by atoms with Crippen LogP contribution in [0.2, 0.25) is 0 Å². The lowest BCUT2D eigenvalue weighted by atomic mass is 9.86. The van der Waals surface area contributed by atoms with E-state index >= 15 is 0 Å². The number of nitrogens with one attached hydrogen (secondary N) is 2. The fourth-order valence-corrected chi connectivity index (χ4v) is 8.45. The van der Waals surface area contributed by atoms with Crippen LogP contribution in [0.5, 0.6) is 17.2 Å². The van der Waals surface area contributed by atoms with Gasteiger partial charge in [0.25, 0.3) is 11.7 Å². The molecular weight excluding hydrogens is 819 g/mol. The van der Waals surface area contributed by atoms with Gasteiger partial charge in [0, 0.05) is 68.2 Å². The van der Waals surface area contributed by atoms with E-state index < -0.39 is 77.0 Å². The van der Waals surface area contributed by atoms with Gasteiger partial charge in [0.1, 0.15) is 47.0 Å². The van der Waals surface area contributed by atoms with Gasteiger partial charge in [0.05, 0.1) is 42.1 Å². The van der Waals surface area contributed by atoms with E-state index in [9.17, 15) is 34.2 Å². The monoisotopic (exact) mass is 869 g/mol. The van der Waals surface area contributed by atoms with Crippen molar-refractivity contribution in [3.63, 3.8) is 0 Å². The Labute approximate surface area is 362 Å². The summed E-state index contributed by atoms with van der Waals surface area (Å²) in [5.41, 5.74) is -0.701. The van der Waals surface area contributed by atoms with E-state index in [1.807, 2.05) is 19.9 Å². The predicted octanol–water partition coefficient (Wildman–Crippen LogP) is 5.28. The molecule has 4 N–H and O–H groups in total. The van der Waals surface area contributed by atoms with Gasteiger partial charge in [-0.15, -0.1) is 0 Å². The number of phenols is 1. The van der Waals surface area contributed by atoms with Crippen LogP contribution in [0, 0.1) is 24.7 Å². The molecule has 334 valence electrons. The standard InChI is InChI=1S/C46H51N3O14/c1-20-11-10-12-21(2)45(56)49-35-38(54)32-31(34-42(35)61-30-19-27(13-14-28(30)48-34)58-18-16-47-25(6)50)33-40(23(4)36(32)52)63-46(8,44(33)55)59-17-15-29(57-9)22(3)41(60-26(7)51)43-37(53)24(5)39(20)62-43/h10-15,17,19-20,22,24,29,37,39,41,43,53-54H,16,18H2,1-9H3,(H,47,50)(H,49,56)/b11-10+,17-15+,21-12-/t20-,22+,24-,29-,37+,39-,41+,43+,46-/m0/s1. The predicted molar refractivity (Wildman–Crippen MR) is 229 cm³/mol. The highest BCUT2D eigenvalue weighted by Crippen LogP contribution is 2.48. The smallest absolute Gasteiger partial charge is 0.312 e. The highest BCUT2D eigenvalue weighted by molar-refractivity contribution is 6.26. The molecular formula is C46H51N3O14. The summed E-state index contributed by atoms with van der Waals surface area (Å²) < 4.78 is 42.5. The van der Waals surface area contributed by atoms with Crippen LogP contribution in [-0.4, -0.2) is 95.3 Å². The second-order valence-corrected chi connectivity index (χ2v) is 16.4. The number of aromatic hydroxyl groups is 1. The average Bonchev–Trinajstić information content (AvgIpc) is 3.68. The number of anilines is 1. The molecule has 4 aliphatic rings. The number of ether oxygens (including phenoxy) is 6. The van der Waals surface area contributed by atoms with E-state index in [0.29, 0.717) is 5.75 Å². The number of aliphatic hydroxyl groups is 1. The van der Waals surface area contributed by atoms with Gasteiger partial charge in [0.2, 0.25) is 5.91 Å². The van der Waals surface area contributed by atoms with Crippen LogP contribution in [0.15, 0.2) is 63.6 Å². The number of carbonyl (C=O) groups excluding carboxylic acids is 4. The molecule has 17 nitrogen and oxygen atoms in total. The van der Waals surface area contributed by atoms with E-state index in [1.54, 1.807) is 44.2 Å². The summed E-state index contributed by atoms with van der Waals surface area (Å²) in [6.07, 6.45) is 3.47. The summed E-state index contributed by atoms with van der Waals surface area (Å²) >= 11 is 0. The summed E-state index contributed by atoms with van der Waals surface area (Å²) in [6, 6.07) is 4.76. The van der Waals surface area contributed by atoms with Gasteiger partial charge in [-0.3, -0.25) is 24.0 Å². The number of benzene rings is 3. The average molecular weight is 870 g/mol. The molecule has 4 aliphatic heterocycles. The molecule has 9 atom stereocenters. The zero-order valence-corrected chi connectivity index (χ0v) is 36.4. The Morgan fingerprint density at radius 3 is 2.48 bits per heavy atom. The molecule has 0 saturated carbocycles. The number of hydrogen-bond donors (Lipinski definition) is 4. The molecule has 0 radical (unpaired) electrons. The van der Waals surface area contributed by atoms with Gasteiger partial charge in [-0.25, -0.2) is 4.98 Å². The maximum atomic E-state index is 14.7. The number of methoxy groups -OCH3 is 1. The molecule has 8 rings (SSSR count). The van der Waals surface area contributed by atoms with Crippen LogP contribution in [0.4, 0.5) is 5.69 Å². The maximum absolute atomic E-state index is 14.7. The molecule has 0 unspecified atom stereocenters. The highest BCUT2D eigenvalue weighted by atomic mass is 16.7. The number of esters is 1. The third kappa shape index (κ3) is 8.23. The topological polar surface area (TPSA) is 231 Å². The largest absolute Gasteiger partial charge is 0.505 e. The lowest BCUT2D eigenvalue weighted by molar-refractivity contribution is -0.168. The first-order valence-corrected chi connectivity index (χ1v) is 20.6. The van der Waals surface area contributed by atoms with Crippen molar-refractivity contribution in [1.29, 1.82) is 0 Å². The van der Waals surface area contributed by atoms with Crippen molar-refractivity contribution in [3.05, 3.63) is 75.7 Å². The van der Waals surface area contributed by atoms with E-state index in [-0.39, 0.29) is 86.1 Å². The van der Waals surface area contributed by atoms with Crippen molar-refractivity contribution in [3.8, 4) is 17.2 Å². The third-order valence-corrected chi connectivity index (χ3v) is 11.9. The Kier molecular flexibility index (Phi) is 12.4. The van der Waals surface area contributed by atoms with Crippen LogP contribution in [0.25, 0.3) is 33.0 Å². The number of amides is 2. The minimum atomic E-state index is -2.05. The fourth-order valence-electron chi connectivity index (χ4n) is 8.45. The number of hydrogen-bond acceptors (Lipinski definition) is 15. The van der Waals surface area contributed by atoms with Crippen LogP contribution < -0.4 is 25.5 Å². The van der Waals surface area contributed by atoms with Crippen molar-refractivity contribution in [2.24, 2.45) is 17.8 Å². The number of allylic oxidation sites excluding steroid dienone is 2. The van der Waals surface area contributed by atoms with Crippen LogP contribution in [0.3, 0.4) is 0 Å². The van der Waals surface area contributed by atoms with E-state index in [0.717, 1.165) is 0 Å². The quantitative estimate of drug-likeness (QED) is 0.0635. The van der Waals surface area contributed by atoms with Gasteiger partial charge in [-0.05, 0) is 32.1 Å². The second-order valence-electron chi connectivity index (χ2n) is 16.4. The molecule has 2 amide bonds. The molecule has 4 aromatic rings. The third-order valence-electron chi connectivity index (χ3n) is 11.9. The summed E-state index contributed by atoms with van der Waals surface area (Å²) in [6.45, 7) is 12.9. The zero-order valence-electron chi connectivity index (χ0n) is 36.4. The summed E-state index contributed by atoms with van der Waals surface area (Å²) in [4.78, 5) is 71.5. The van der Waals surface area contributed by atoms with Crippen LogP contribution in [-0.2, 0) is 33.3 Å². The summed E-state index contributed by atoms with van der Waals surface area (Å²) in [5, 5.41) is 28.5. The van der Waals surface area contributed by atoms with Gasteiger partial charge in [0.15, 0.2) is 22.3 Å². The number of phenolic OH excluding ortho intramolecular Hbond substituents is 1. The minimum Gasteiger partial charge on any atom is -0.505 e. The molecule has 0 spiro atoms. The first-order valence-electron chi connectivity index (χ1n) is 20.6. The maximum Gasteiger partial charge on any atom is 0.312 e. The van der Waals surface area contributed by atoms with E-state index in [1.165, 1.54) is 47.1 Å². The summed E-state index contributed by atoms with van der Waals surface area (Å²) in [5.74, 6) is -5.99. The number of fused-ring (bicyclic) bond motifs is 9. The SMILES string of the molecule is CO[C@H]1/C=C/O[C@@]2(C)Oc3c(C)c(=O)c4c(O)c(c5oc6cc(OCCNC(C)=O)ccc6nc5c4c3C2=O)NC(=O)/C(C)=C\C=C\[C@H](C)[C@@H]2O[C@H]([C@H](O)[C@@H]2C)[C@H](OC(C)=O)[C@@H]1C. The van der Waals surface area contributed by atoms with Gasteiger partial charge < -0.3 is 53.7 Å². The highest BCUT2D eigenvalue weighted by Gasteiger charge is 2.51. The molecule has 1 aromatic heterocycles. The number of aliphatic hydroxyl groups excluding tert-OH is 1. The Morgan fingerprint density at radius 1 is 1.03 bits per heavy atom. The number of aromatic nitrogens is 1. The molecule has 1 fully saturated rings. The number of Topliss-reactive ketones (excluding diaryl/α,β-unsaturated/α-hetero) is 1. The fraction of sp³-hybridized carbons (Fsp3) is 0.435. The van der Waals surface area contributed by atoms with Gasteiger partial charge in [-0.2, -0.15) is 0 Å². The molecule has 63 heavy (non-hydrogen) atoms. The van der Waals surface area contributed by atoms with E-state index in [2.05, 4.69) is 10.6 Å². The Morgan fingerprint density at radius 2 is 1.78 bits per heavy atom. The number of nitrogens with zero attached hydrogens (tertiary/aromatic N) is 1. The number of carbonyl (C=O) groups is 4. The van der Waals surface area contributed by atoms with Crippen molar-refractivity contribution in [2.75, 3.05) is 25.6 Å². The Balaban J connectivity index is 1.42.